The van der Waals surface area contributed by atoms with Crippen molar-refractivity contribution in [2.24, 2.45) is 5.92 Å². The zero-order chi connectivity index (χ0) is 22.2. The lowest BCUT2D eigenvalue weighted by Gasteiger charge is -2.34. The van der Waals surface area contributed by atoms with E-state index in [0.717, 1.165) is 50.8 Å². The minimum atomic E-state index is -0.210. The third kappa shape index (κ3) is 3.55. The Morgan fingerprint density at radius 1 is 1.12 bits per heavy atom. The second kappa shape index (κ2) is 8.37. The van der Waals surface area contributed by atoms with Gasteiger partial charge in [0.25, 0.3) is 11.8 Å². The summed E-state index contributed by atoms with van der Waals surface area (Å²) in [6.07, 6.45) is 5.48. The van der Waals surface area contributed by atoms with Gasteiger partial charge in [-0.1, -0.05) is 29.2 Å². The molecular weight excluding hydrogens is 410 g/mol. The standard InChI is InChI=1S/C23H27N5O4/c1-14-18(26-32-25-14)12-24-21(29)15-6-5-11-27(13-15)19-10-4-9-17-20(19)23(31)28(22(17)30)16-7-2-3-8-16/h4,9-10,15-16H,2-3,5-8,11-13H2,1H3,(H,24,29). The van der Waals surface area contributed by atoms with Crippen LogP contribution >= 0.6 is 0 Å². The number of imide groups is 1. The maximum absolute atomic E-state index is 13.3. The van der Waals surface area contributed by atoms with Crippen LogP contribution in [-0.2, 0) is 11.3 Å². The number of hydrogen-bond acceptors (Lipinski definition) is 7. The fourth-order valence-corrected chi connectivity index (χ4v) is 5.18. The van der Waals surface area contributed by atoms with Gasteiger partial charge in [-0.05, 0) is 44.7 Å². The van der Waals surface area contributed by atoms with Gasteiger partial charge in [0.2, 0.25) is 5.91 Å². The minimum absolute atomic E-state index is 0.00427. The normalized spacial score (nSPS) is 21.3. The smallest absolute Gasteiger partial charge is 0.263 e. The Balaban J connectivity index is 1.33. The number of carbonyl (C=O) groups excluding carboxylic acids is 3. The van der Waals surface area contributed by atoms with Crippen LogP contribution in [0.5, 0.6) is 0 Å². The molecule has 3 heterocycles. The number of nitrogens with one attached hydrogen (secondary N) is 1. The topological polar surface area (TPSA) is 109 Å². The third-order valence-corrected chi connectivity index (χ3v) is 6.92. The van der Waals surface area contributed by atoms with Gasteiger partial charge in [-0.3, -0.25) is 19.3 Å². The van der Waals surface area contributed by atoms with E-state index in [0.29, 0.717) is 29.1 Å². The summed E-state index contributed by atoms with van der Waals surface area (Å²) in [5.74, 6) is -0.632. The molecule has 1 unspecified atom stereocenters. The molecule has 3 amide bonds. The van der Waals surface area contributed by atoms with Gasteiger partial charge in [0, 0.05) is 19.1 Å². The lowest BCUT2D eigenvalue weighted by Crippen LogP contribution is -2.43. The van der Waals surface area contributed by atoms with E-state index in [-0.39, 0.29) is 36.2 Å². The Labute approximate surface area is 186 Å². The van der Waals surface area contributed by atoms with Gasteiger partial charge in [-0.25, -0.2) is 4.63 Å². The summed E-state index contributed by atoms with van der Waals surface area (Å²) in [4.78, 5) is 42.7. The van der Waals surface area contributed by atoms with Crippen molar-refractivity contribution in [1.82, 2.24) is 20.5 Å². The summed E-state index contributed by atoms with van der Waals surface area (Å²) < 4.78 is 4.68. The van der Waals surface area contributed by atoms with E-state index in [9.17, 15) is 14.4 Å². The van der Waals surface area contributed by atoms with E-state index in [1.165, 1.54) is 4.90 Å². The molecule has 168 valence electrons. The molecule has 1 aliphatic carbocycles. The monoisotopic (exact) mass is 437 g/mol. The number of carbonyl (C=O) groups is 3. The molecule has 1 aromatic carbocycles. The van der Waals surface area contributed by atoms with E-state index in [4.69, 9.17) is 0 Å². The van der Waals surface area contributed by atoms with Crippen LogP contribution in [0.25, 0.3) is 0 Å². The summed E-state index contributed by atoms with van der Waals surface area (Å²) in [6, 6.07) is 5.48. The van der Waals surface area contributed by atoms with Crippen LogP contribution in [-0.4, -0.2) is 52.1 Å². The summed E-state index contributed by atoms with van der Waals surface area (Å²) >= 11 is 0. The van der Waals surface area contributed by atoms with Crippen molar-refractivity contribution in [3.63, 3.8) is 0 Å². The number of fused-ring (bicyclic) bond motifs is 1. The number of piperidine rings is 1. The highest BCUT2D eigenvalue weighted by atomic mass is 16.6. The molecule has 2 aliphatic heterocycles. The largest absolute Gasteiger partial charge is 0.370 e. The first-order valence-corrected chi connectivity index (χ1v) is 11.4. The average Bonchev–Trinajstić information content (AvgIpc) is 3.53. The average molecular weight is 438 g/mol. The van der Waals surface area contributed by atoms with Crippen LogP contribution in [0.3, 0.4) is 0 Å². The van der Waals surface area contributed by atoms with Gasteiger partial charge in [-0.15, -0.1) is 0 Å². The second-order valence-corrected chi connectivity index (χ2v) is 8.92. The zero-order valence-corrected chi connectivity index (χ0v) is 18.2. The van der Waals surface area contributed by atoms with Crippen LogP contribution < -0.4 is 10.2 Å². The number of aryl methyl sites for hydroxylation is 1. The van der Waals surface area contributed by atoms with Crippen LogP contribution in [0.1, 0.15) is 70.6 Å². The van der Waals surface area contributed by atoms with Crippen molar-refractivity contribution in [3.8, 4) is 0 Å². The zero-order valence-electron chi connectivity index (χ0n) is 18.2. The molecule has 0 spiro atoms. The molecule has 1 N–H and O–H groups in total. The Kier molecular flexibility index (Phi) is 5.40. The highest BCUT2D eigenvalue weighted by Crippen LogP contribution is 2.37. The quantitative estimate of drug-likeness (QED) is 0.716. The summed E-state index contributed by atoms with van der Waals surface area (Å²) in [6.45, 7) is 3.30. The number of hydrogen-bond donors (Lipinski definition) is 1. The molecule has 9 heteroatoms. The molecule has 2 fully saturated rings. The number of benzene rings is 1. The van der Waals surface area contributed by atoms with Gasteiger partial charge < -0.3 is 10.2 Å². The number of amides is 3. The first kappa shape index (κ1) is 20.7. The molecule has 0 radical (unpaired) electrons. The van der Waals surface area contributed by atoms with Crippen LogP contribution in [0.2, 0.25) is 0 Å². The molecule has 1 atom stereocenters. The SMILES string of the molecule is Cc1nonc1CNC(=O)C1CCCN(c2cccc3c2C(=O)N(C2CCCC2)C3=O)C1. The number of aromatic nitrogens is 2. The van der Waals surface area contributed by atoms with Crippen molar-refractivity contribution in [2.45, 2.75) is 58.0 Å². The molecule has 1 aromatic heterocycles. The molecule has 5 rings (SSSR count). The first-order valence-electron chi connectivity index (χ1n) is 11.4. The predicted molar refractivity (Wildman–Crippen MR) is 115 cm³/mol. The van der Waals surface area contributed by atoms with Gasteiger partial charge in [0.05, 0.1) is 29.3 Å². The van der Waals surface area contributed by atoms with E-state index in [1.54, 1.807) is 13.0 Å². The predicted octanol–water partition coefficient (Wildman–Crippen LogP) is 2.45. The van der Waals surface area contributed by atoms with E-state index >= 15 is 0 Å². The van der Waals surface area contributed by atoms with Crippen LogP contribution in [0, 0.1) is 12.8 Å². The first-order chi connectivity index (χ1) is 15.5. The fraction of sp³-hybridized carbons (Fsp3) is 0.522. The van der Waals surface area contributed by atoms with Crippen molar-refractivity contribution < 1.29 is 19.0 Å². The Morgan fingerprint density at radius 3 is 2.69 bits per heavy atom. The maximum Gasteiger partial charge on any atom is 0.263 e. The lowest BCUT2D eigenvalue weighted by atomic mass is 9.95. The molecule has 1 saturated carbocycles. The minimum Gasteiger partial charge on any atom is -0.370 e. The lowest BCUT2D eigenvalue weighted by molar-refractivity contribution is -0.125. The van der Waals surface area contributed by atoms with Gasteiger partial charge in [0.15, 0.2) is 0 Å². The summed E-state index contributed by atoms with van der Waals surface area (Å²) in [7, 11) is 0. The molecule has 0 bridgehead atoms. The highest BCUT2D eigenvalue weighted by Gasteiger charge is 2.43. The molecule has 3 aliphatic rings. The second-order valence-electron chi connectivity index (χ2n) is 8.92. The Morgan fingerprint density at radius 2 is 1.94 bits per heavy atom. The fourth-order valence-electron chi connectivity index (χ4n) is 5.18. The summed E-state index contributed by atoms with van der Waals surface area (Å²) in [5, 5.41) is 10.5. The van der Waals surface area contributed by atoms with Gasteiger partial charge >= 0.3 is 0 Å². The van der Waals surface area contributed by atoms with E-state index < -0.39 is 0 Å². The molecule has 1 saturated heterocycles. The number of rotatable bonds is 5. The van der Waals surface area contributed by atoms with Crippen LogP contribution in [0.4, 0.5) is 5.69 Å². The van der Waals surface area contributed by atoms with Crippen LogP contribution in [0.15, 0.2) is 22.8 Å². The number of nitrogens with zero attached hydrogens (tertiary/aromatic N) is 4. The third-order valence-electron chi connectivity index (χ3n) is 6.92. The molecule has 2 aromatic rings. The van der Waals surface area contributed by atoms with Gasteiger partial charge in [0.1, 0.15) is 11.4 Å². The Hall–Kier alpha value is -3.23. The highest BCUT2D eigenvalue weighted by molar-refractivity contribution is 6.24. The molecule has 32 heavy (non-hydrogen) atoms. The Bertz CT molecular complexity index is 1060. The van der Waals surface area contributed by atoms with Crippen molar-refractivity contribution in [2.75, 3.05) is 18.0 Å². The number of anilines is 1. The van der Waals surface area contributed by atoms with E-state index in [2.05, 4.69) is 25.2 Å². The van der Waals surface area contributed by atoms with Crippen molar-refractivity contribution in [3.05, 3.63) is 40.7 Å². The maximum atomic E-state index is 13.3. The van der Waals surface area contributed by atoms with Gasteiger partial charge in [-0.2, -0.15) is 0 Å². The van der Waals surface area contributed by atoms with E-state index in [1.807, 2.05) is 12.1 Å². The molecular formula is C23H27N5O4. The molecule has 9 nitrogen and oxygen atoms in total. The van der Waals surface area contributed by atoms with Crippen molar-refractivity contribution >= 4 is 23.4 Å². The van der Waals surface area contributed by atoms with Crippen molar-refractivity contribution in [1.29, 1.82) is 0 Å². The summed E-state index contributed by atoms with van der Waals surface area (Å²) in [5.41, 5.74) is 3.01.